The second-order valence-electron chi connectivity index (χ2n) is 5.34. The van der Waals surface area contributed by atoms with Crippen molar-refractivity contribution in [1.29, 1.82) is 0 Å². The first-order valence-electron chi connectivity index (χ1n) is 7.11. The van der Waals surface area contributed by atoms with Crippen LogP contribution >= 0.6 is 0 Å². The number of anilines is 1. The highest BCUT2D eigenvalue weighted by atomic mass is 16.6. The Kier molecular flexibility index (Phi) is 4.92. The Balaban J connectivity index is 2.10. The third-order valence-electron chi connectivity index (χ3n) is 4.15. The van der Waals surface area contributed by atoms with Crippen LogP contribution in [0.1, 0.15) is 31.7 Å². The summed E-state index contributed by atoms with van der Waals surface area (Å²) < 4.78 is 0. The van der Waals surface area contributed by atoms with Gasteiger partial charge in [-0.1, -0.05) is 25.5 Å². The smallest absolute Gasteiger partial charge is 0.293 e. The molecular formula is C14H22N4O2. The lowest BCUT2D eigenvalue weighted by Crippen LogP contribution is -2.33. The number of piperidine rings is 1. The molecule has 0 aromatic heterocycles. The third-order valence-corrected chi connectivity index (χ3v) is 4.15. The Morgan fingerprint density at radius 3 is 2.70 bits per heavy atom. The zero-order chi connectivity index (χ0) is 14.5. The van der Waals surface area contributed by atoms with E-state index < -0.39 is 4.92 Å². The van der Waals surface area contributed by atoms with Gasteiger partial charge in [0.05, 0.1) is 4.92 Å². The summed E-state index contributed by atoms with van der Waals surface area (Å²) in [6.45, 7) is 5.03. The van der Waals surface area contributed by atoms with Crippen LogP contribution in [0.25, 0.3) is 0 Å². The normalized spacial score (nSPS) is 17.1. The fraction of sp³-hybridized carbons (Fsp3) is 0.571. The Morgan fingerprint density at radius 1 is 1.45 bits per heavy atom. The van der Waals surface area contributed by atoms with Crippen LogP contribution in [0.5, 0.6) is 0 Å². The Morgan fingerprint density at radius 2 is 2.15 bits per heavy atom. The number of hydrazine groups is 1. The van der Waals surface area contributed by atoms with Crippen LogP contribution in [-0.4, -0.2) is 22.9 Å². The number of nitrogens with two attached hydrogens (primary N) is 1. The maximum Gasteiger partial charge on any atom is 0.293 e. The van der Waals surface area contributed by atoms with Gasteiger partial charge in [0, 0.05) is 12.6 Å². The summed E-state index contributed by atoms with van der Waals surface area (Å²) in [5, 5.41) is 11.0. The molecule has 0 amide bonds. The van der Waals surface area contributed by atoms with Gasteiger partial charge in [0.1, 0.15) is 5.69 Å². The van der Waals surface area contributed by atoms with Gasteiger partial charge >= 0.3 is 0 Å². The molecule has 0 atom stereocenters. The summed E-state index contributed by atoms with van der Waals surface area (Å²) in [5.41, 5.74) is 3.83. The van der Waals surface area contributed by atoms with Crippen molar-refractivity contribution in [1.82, 2.24) is 4.90 Å². The molecule has 0 aliphatic carbocycles. The minimum atomic E-state index is -0.401. The van der Waals surface area contributed by atoms with E-state index in [1.54, 1.807) is 6.07 Å². The molecule has 1 aliphatic heterocycles. The summed E-state index contributed by atoms with van der Waals surface area (Å²) in [7, 11) is 0. The predicted octanol–water partition coefficient (Wildman–Crippen LogP) is 2.50. The number of para-hydroxylation sites is 1. The Hall–Kier alpha value is -1.66. The van der Waals surface area contributed by atoms with Gasteiger partial charge in [-0.3, -0.25) is 20.9 Å². The molecule has 1 aromatic carbocycles. The minimum absolute atomic E-state index is 0.0356. The third kappa shape index (κ3) is 3.26. The molecule has 1 aliphatic rings. The number of rotatable bonds is 5. The lowest BCUT2D eigenvalue weighted by molar-refractivity contribution is -0.384. The van der Waals surface area contributed by atoms with Gasteiger partial charge in [0.25, 0.3) is 5.69 Å². The van der Waals surface area contributed by atoms with Crippen molar-refractivity contribution in [2.24, 2.45) is 11.8 Å². The number of likely N-dealkylation sites (tertiary alicyclic amines) is 1. The van der Waals surface area contributed by atoms with Crippen molar-refractivity contribution in [3.05, 3.63) is 33.9 Å². The number of nitro benzene ring substituents is 1. The molecule has 1 saturated heterocycles. The Labute approximate surface area is 119 Å². The van der Waals surface area contributed by atoms with Gasteiger partial charge in [-0.2, -0.15) is 0 Å². The highest BCUT2D eigenvalue weighted by Crippen LogP contribution is 2.29. The average molecular weight is 278 g/mol. The van der Waals surface area contributed by atoms with Crippen molar-refractivity contribution < 1.29 is 4.92 Å². The lowest BCUT2D eigenvalue weighted by Gasteiger charge is -2.31. The van der Waals surface area contributed by atoms with Gasteiger partial charge in [0.2, 0.25) is 0 Å². The van der Waals surface area contributed by atoms with E-state index in [9.17, 15) is 10.1 Å². The summed E-state index contributed by atoms with van der Waals surface area (Å²) >= 11 is 0. The van der Waals surface area contributed by atoms with E-state index in [1.807, 2.05) is 6.07 Å². The van der Waals surface area contributed by atoms with Crippen LogP contribution in [0, 0.1) is 16.0 Å². The second kappa shape index (κ2) is 6.67. The fourth-order valence-corrected chi connectivity index (χ4v) is 2.83. The second-order valence-corrected chi connectivity index (χ2v) is 5.34. The molecule has 20 heavy (non-hydrogen) atoms. The maximum atomic E-state index is 11.0. The molecule has 0 saturated carbocycles. The lowest BCUT2D eigenvalue weighted by atomic mass is 9.94. The van der Waals surface area contributed by atoms with Crippen LogP contribution in [-0.2, 0) is 6.54 Å². The van der Waals surface area contributed by atoms with Crippen molar-refractivity contribution in [3.63, 3.8) is 0 Å². The first-order valence-corrected chi connectivity index (χ1v) is 7.11. The van der Waals surface area contributed by atoms with E-state index in [1.165, 1.54) is 25.3 Å². The van der Waals surface area contributed by atoms with Crippen LogP contribution in [0.2, 0.25) is 0 Å². The monoisotopic (exact) mass is 278 g/mol. The summed E-state index contributed by atoms with van der Waals surface area (Å²) in [4.78, 5) is 12.9. The van der Waals surface area contributed by atoms with Crippen molar-refractivity contribution in [2.45, 2.75) is 32.7 Å². The molecule has 0 radical (unpaired) electrons. The number of benzene rings is 1. The first-order chi connectivity index (χ1) is 9.65. The van der Waals surface area contributed by atoms with Crippen molar-refractivity contribution in [2.75, 3.05) is 18.5 Å². The summed E-state index contributed by atoms with van der Waals surface area (Å²) in [6.07, 6.45) is 3.65. The van der Waals surface area contributed by atoms with Gasteiger partial charge in [-0.15, -0.1) is 0 Å². The van der Waals surface area contributed by atoms with Crippen molar-refractivity contribution in [3.8, 4) is 0 Å². The molecule has 0 spiro atoms. The molecule has 1 aromatic rings. The van der Waals surface area contributed by atoms with E-state index in [0.717, 1.165) is 24.6 Å². The van der Waals surface area contributed by atoms with Gasteiger partial charge < -0.3 is 5.43 Å². The predicted molar refractivity (Wildman–Crippen MR) is 79.2 cm³/mol. The number of hydrogen-bond acceptors (Lipinski definition) is 5. The molecule has 6 heteroatoms. The van der Waals surface area contributed by atoms with Crippen molar-refractivity contribution >= 4 is 11.4 Å². The number of nitrogen functional groups attached to an aromatic ring is 1. The van der Waals surface area contributed by atoms with E-state index in [2.05, 4.69) is 17.2 Å². The average Bonchev–Trinajstić information content (AvgIpc) is 2.47. The molecule has 1 fully saturated rings. The maximum absolute atomic E-state index is 11.0. The summed E-state index contributed by atoms with van der Waals surface area (Å²) in [5.74, 6) is 6.29. The molecule has 0 bridgehead atoms. The van der Waals surface area contributed by atoms with Crippen LogP contribution < -0.4 is 11.3 Å². The standard InChI is InChI=1S/C14H22N4O2/c1-2-11-6-8-17(9-7-11)10-12-4-3-5-13(18(19)20)14(12)16-15/h3-5,11,16H,2,6-10,15H2,1H3. The van der Waals surface area contributed by atoms with Gasteiger partial charge in [-0.05, 0) is 37.4 Å². The highest BCUT2D eigenvalue weighted by molar-refractivity contribution is 5.65. The Bertz CT molecular complexity index is 470. The zero-order valence-electron chi connectivity index (χ0n) is 11.8. The number of nitrogens with one attached hydrogen (secondary N) is 1. The molecule has 110 valence electrons. The van der Waals surface area contributed by atoms with Gasteiger partial charge in [-0.25, -0.2) is 0 Å². The van der Waals surface area contributed by atoms with E-state index >= 15 is 0 Å². The molecule has 3 N–H and O–H groups in total. The topological polar surface area (TPSA) is 84.4 Å². The summed E-state index contributed by atoms with van der Waals surface area (Å²) in [6, 6.07) is 5.09. The fourth-order valence-electron chi connectivity index (χ4n) is 2.83. The van der Waals surface area contributed by atoms with Crippen LogP contribution in [0.3, 0.4) is 0 Å². The molecule has 6 nitrogen and oxygen atoms in total. The van der Waals surface area contributed by atoms with E-state index in [-0.39, 0.29) is 5.69 Å². The number of hydrogen-bond donors (Lipinski definition) is 2. The molecule has 1 heterocycles. The first kappa shape index (κ1) is 14.7. The molecular weight excluding hydrogens is 256 g/mol. The molecule has 0 unspecified atom stereocenters. The van der Waals surface area contributed by atoms with Gasteiger partial charge in [0.15, 0.2) is 0 Å². The quantitative estimate of drug-likeness (QED) is 0.491. The van der Waals surface area contributed by atoms with E-state index in [4.69, 9.17) is 5.84 Å². The SMILES string of the molecule is CCC1CCN(Cc2cccc([N+](=O)[O-])c2NN)CC1. The van der Waals surface area contributed by atoms with Crippen LogP contribution in [0.15, 0.2) is 18.2 Å². The van der Waals surface area contributed by atoms with E-state index in [0.29, 0.717) is 12.2 Å². The highest BCUT2D eigenvalue weighted by Gasteiger charge is 2.21. The largest absolute Gasteiger partial charge is 0.318 e. The molecule has 2 rings (SSSR count). The van der Waals surface area contributed by atoms with Crippen LogP contribution in [0.4, 0.5) is 11.4 Å². The number of nitro groups is 1. The minimum Gasteiger partial charge on any atom is -0.318 e. The zero-order valence-corrected chi connectivity index (χ0v) is 11.8. The number of nitrogens with zero attached hydrogens (tertiary/aromatic N) is 2.